The first-order valence-corrected chi connectivity index (χ1v) is 24.2. The van der Waals surface area contributed by atoms with Crippen LogP contribution in [-0.2, 0) is 35.5 Å². The Labute approximate surface area is 296 Å². The molecular formula is C41H42Cl4Zr. The molecule has 0 saturated heterocycles. The normalized spacial score (nSPS) is 14.8. The Morgan fingerprint density at radius 3 is 1.70 bits per heavy atom. The third-order valence-electron chi connectivity index (χ3n) is 10.6. The SMILES string of the molecule is [CH2]=[Zr]([C]1=CC=CC1)([c]1cc(Cl)cc(Cl)c1C)([c]1cc(Cl)cc(Cl)c1C)[c]1cc(C(C)(C)C)cc2c1Cc1ccc(C(C)(C)C)cc1-2. The van der Waals surface area contributed by atoms with Crippen LogP contribution in [0.2, 0.25) is 20.1 Å². The van der Waals surface area contributed by atoms with E-state index in [2.05, 4.69) is 116 Å². The first kappa shape index (κ1) is 34.1. The molecule has 0 unspecified atom stereocenters. The molecule has 0 heterocycles. The van der Waals surface area contributed by atoms with Crippen molar-refractivity contribution in [2.24, 2.45) is 0 Å². The fourth-order valence-electron chi connectivity index (χ4n) is 7.91. The second-order valence-electron chi connectivity index (χ2n) is 15.5. The molecular weight excluding hydrogens is 725 g/mol. The van der Waals surface area contributed by atoms with Crippen LogP contribution in [0.25, 0.3) is 11.1 Å². The Kier molecular flexibility index (Phi) is 8.48. The Bertz CT molecular complexity index is 2020. The van der Waals surface area contributed by atoms with E-state index in [-0.39, 0.29) is 10.8 Å². The van der Waals surface area contributed by atoms with Crippen molar-refractivity contribution in [2.75, 3.05) is 0 Å². The summed E-state index contributed by atoms with van der Waals surface area (Å²) in [4.78, 5) is 0. The van der Waals surface area contributed by atoms with Gasteiger partial charge in [0.25, 0.3) is 0 Å². The van der Waals surface area contributed by atoms with Gasteiger partial charge in [-0.25, -0.2) is 0 Å². The standard InChI is InChI=1S/C21H25.2C7H5Cl2.C5H5.CH2.Zr/c1-20(2,3)16-9-7-14-11-15-8-10-17(21(4,5)6)13-19(15)18(14)12-16;2*1-5-2-3-6(8)4-7(5)9;1-2-4-5-3-1;;/h7,9-10,12-13H,11H2,1-6H3;2*3-4H,1H3;1-3H,4H2;1H2;. The van der Waals surface area contributed by atoms with Crippen molar-refractivity contribution in [3.63, 3.8) is 0 Å². The van der Waals surface area contributed by atoms with Crippen molar-refractivity contribution < 1.29 is 18.3 Å². The van der Waals surface area contributed by atoms with Gasteiger partial charge < -0.3 is 0 Å². The molecule has 0 radical (unpaired) electrons. The van der Waals surface area contributed by atoms with Crippen LogP contribution in [0.3, 0.4) is 0 Å². The average molecular weight is 768 g/mol. The molecule has 0 bridgehead atoms. The second kappa shape index (κ2) is 11.4. The molecule has 0 nitrogen and oxygen atoms in total. The molecule has 0 fully saturated rings. The van der Waals surface area contributed by atoms with Crippen LogP contribution in [0, 0.1) is 13.8 Å². The molecule has 2 aliphatic rings. The molecule has 0 N–H and O–H groups in total. The summed E-state index contributed by atoms with van der Waals surface area (Å²) in [5.41, 5.74) is 9.85. The van der Waals surface area contributed by atoms with Crippen LogP contribution in [0.5, 0.6) is 0 Å². The van der Waals surface area contributed by atoms with Crippen LogP contribution < -0.4 is 9.81 Å². The average Bonchev–Trinajstić information content (AvgIpc) is 3.64. The van der Waals surface area contributed by atoms with Crippen molar-refractivity contribution >= 4 is 60.4 Å². The van der Waals surface area contributed by atoms with Gasteiger partial charge >= 0.3 is 298 Å². The van der Waals surface area contributed by atoms with E-state index in [1.807, 2.05) is 12.1 Å². The summed E-state index contributed by atoms with van der Waals surface area (Å²) in [6, 6.07) is 20.0. The molecule has 0 atom stereocenters. The second-order valence-corrected chi connectivity index (χ2v) is 29.9. The van der Waals surface area contributed by atoms with Gasteiger partial charge in [0, 0.05) is 0 Å². The van der Waals surface area contributed by atoms with Gasteiger partial charge in [0.1, 0.15) is 0 Å². The number of halogens is 4. The van der Waals surface area contributed by atoms with Gasteiger partial charge in [-0.3, -0.25) is 0 Å². The Hall–Kier alpha value is -1.73. The Morgan fingerprint density at radius 2 is 1.20 bits per heavy atom. The number of rotatable bonds is 4. The fourth-order valence-corrected chi connectivity index (χ4v) is 27.4. The first-order valence-electron chi connectivity index (χ1n) is 16.0. The van der Waals surface area contributed by atoms with Crippen LogP contribution in [0.1, 0.15) is 81.3 Å². The number of benzene rings is 4. The first-order chi connectivity index (χ1) is 21.4. The Balaban J connectivity index is 1.91. The topological polar surface area (TPSA) is 0 Å². The third kappa shape index (κ3) is 5.15. The molecule has 46 heavy (non-hydrogen) atoms. The minimum atomic E-state index is -5.31. The van der Waals surface area contributed by atoms with Crippen molar-refractivity contribution in [3.8, 4) is 11.1 Å². The van der Waals surface area contributed by atoms with Crippen LogP contribution in [-0.4, -0.2) is 4.21 Å². The zero-order valence-corrected chi connectivity index (χ0v) is 33.5. The fraction of sp³-hybridized carbons (Fsp3) is 0.293. The summed E-state index contributed by atoms with van der Waals surface area (Å²) in [5.74, 6) is 0. The van der Waals surface area contributed by atoms with E-state index >= 15 is 0 Å². The summed E-state index contributed by atoms with van der Waals surface area (Å²) < 4.78 is 10.6. The number of hydrogen-bond acceptors (Lipinski definition) is 0. The summed E-state index contributed by atoms with van der Waals surface area (Å²) in [6.07, 6.45) is 8.34. The summed E-state index contributed by atoms with van der Waals surface area (Å²) in [7, 11) is 0. The van der Waals surface area contributed by atoms with Crippen molar-refractivity contribution in [3.05, 3.63) is 130 Å². The summed E-state index contributed by atoms with van der Waals surface area (Å²) >= 11 is 22.7. The zero-order valence-electron chi connectivity index (χ0n) is 28.1. The molecule has 0 aliphatic heterocycles. The molecule has 238 valence electrons. The van der Waals surface area contributed by atoms with Gasteiger partial charge in [-0.15, -0.1) is 0 Å². The van der Waals surface area contributed by atoms with Gasteiger partial charge in [-0.2, -0.15) is 0 Å². The molecule has 0 amide bonds. The van der Waals surface area contributed by atoms with Crippen LogP contribution in [0.15, 0.2) is 76.1 Å². The van der Waals surface area contributed by atoms with E-state index in [0.29, 0.717) is 20.1 Å². The van der Waals surface area contributed by atoms with Gasteiger partial charge in [0.05, 0.1) is 0 Å². The van der Waals surface area contributed by atoms with E-state index in [9.17, 15) is 0 Å². The number of allylic oxidation sites excluding steroid dienone is 4. The van der Waals surface area contributed by atoms with E-state index < -0.39 is 18.3 Å². The summed E-state index contributed by atoms with van der Waals surface area (Å²) in [6.45, 7) is 18.0. The van der Waals surface area contributed by atoms with E-state index in [4.69, 9.17) is 50.6 Å². The maximum absolute atomic E-state index is 7.06. The van der Waals surface area contributed by atoms with E-state index in [1.165, 1.54) is 39.9 Å². The molecule has 4 aromatic carbocycles. The predicted molar refractivity (Wildman–Crippen MR) is 202 cm³/mol. The number of fused-ring (bicyclic) bond motifs is 3. The predicted octanol–water partition coefficient (Wildman–Crippen LogP) is 11.3. The van der Waals surface area contributed by atoms with Gasteiger partial charge in [-0.1, -0.05) is 0 Å². The molecule has 0 spiro atoms. The van der Waals surface area contributed by atoms with Crippen molar-refractivity contribution in [2.45, 2.75) is 79.1 Å². The van der Waals surface area contributed by atoms with Crippen LogP contribution >= 0.6 is 46.4 Å². The molecule has 0 saturated carbocycles. The minimum absolute atomic E-state index is 0.0301. The molecule has 4 aromatic rings. The quantitative estimate of drug-likeness (QED) is 0.171. The van der Waals surface area contributed by atoms with E-state index in [1.54, 1.807) is 0 Å². The molecule has 6 rings (SSSR count). The number of hydrogen-bond donors (Lipinski definition) is 0. The zero-order chi connectivity index (χ0) is 33.6. The maximum atomic E-state index is 7.06. The van der Waals surface area contributed by atoms with Gasteiger partial charge in [-0.05, 0) is 0 Å². The van der Waals surface area contributed by atoms with Crippen molar-refractivity contribution in [1.82, 2.24) is 0 Å². The van der Waals surface area contributed by atoms with Crippen LogP contribution in [0.4, 0.5) is 0 Å². The molecule has 2 aliphatic carbocycles. The molecule has 0 aromatic heterocycles. The monoisotopic (exact) mass is 764 g/mol. The third-order valence-corrected chi connectivity index (χ3v) is 28.7. The van der Waals surface area contributed by atoms with E-state index in [0.717, 1.165) is 30.5 Å². The van der Waals surface area contributed by atoms with Gasteiger partial charge in [0.15, 0.2) is 0 Å². The van der Waals surface area contributed by atoms with Gasteiger partial charge in [0.2, 0.25) is 0 Å². The molecule has 5 heteroatoms. The van der Waals surface area contributed by atoms with Crippen molar-refractivity contribution in [1.29, 1.82) is 0 Å². The Morgan fingerprint density at radius 1 is 0.652 bits per heavy atom. The summed E-state index contributed by atoms with van der Waals surface area (Å²) in [5, 5.41) is 2.50.